The number of aliphatic carboxylic acids is 1. The van der Waals surface area contributed by atoms with Crippen LogP contribution in [0.4, 0.5) is 0 Å². The number of carboxylic acids is 1. The van der Waals surface area contributed by atoms with Crippen LogP contribution in [0.1, 0.15) is 12.8 Å². The van der Waals surface area contributed by atoms with Crippen LogP contribution in [0, 0.1) is 0 Å². The van der Waals surface area contributed by atoms with Gasteiger partial charge in [-0.25, -0.2) is 4.79 Å². The molecule has 1 fully saturated rings. The van der Waals surface area contributed by atoms with Gasteiger partial charge < -0.3 is 19.0 Å². The number of hydrogen-bond donors (Lipinski definition) is 1. The molecule has 7 nitrogen and oxygen atoms in total. The van der Waals surface area contributed by atoms with E-state index in [9.17, 15) is 14.4 Å². The molecule has 1 aromatic heterocycles. The molecule has 0 bridgehead atoms. The van der Waals surface area contributed by atoms with Gasteiger partial charge in [0.05, 0.1) is 12.6 Å². The molecule has 0 radical (unpaired) electrons. The molecular formula is C11H14N2O5. The topological polar surface area (TPSA) is 90.5 Å². The number of aryl methyl sites for hydroxylation is 1. The van der Waals surface area contributed by atoms with Gasteiger partial charge in [0.1, 0.15) is 0 Å². The molecule has 2 atom stereocenters. The Bertz CT molecular complexity index is 574. The first kappa shape index (κ1) is 12.6. The predicted octanol–water partition coefficient (Wildman–Crippen LogP) is -0.821. The second kappa shape index (κ2) is 4.77. The van der Waals surface area contributed by atoms with Gasteiger partial charge in [-0.2, -0.15) is 0 Å². The first-order chi connectivity index (χ1) is 8.49. The smallest absolute Gasteiger partial charge is 0.332 e. The van der Waals surface area contributed by atoms with Gasteiger partial charge in [0.15, 0.2) is 6.10 Å². The van der Waals surface area contributed by atoms with Crippen molar-refractivity contribution in [1.82, 2.24) is 9.13 Å². The standard InChI is InChI=1S/C11H14N2O5/c1-12-4-5-13(10(15)9(12)14)6-7-2-3-8(18-7)11(16)17/h4-5,7-8H,2-3,6H2,1H3,(H,16,17). The van der Waals surface area contributed by atoms with E-state index in [1.165, 1.54) is 28.6 Å². The maximum atomic E-state index is 11.7. The molecule has 1 aliphatic heterocycles. The van der Waals surface area contributed by atoms with Gasteiger partial charge in [0.2, 0.25) is 0 Å². The fourth-order valence-electron chi connectivity index (χ4n) is 1.97. The van der Waals surface area contributed by atoms with Crippen LogP contribution in [0.3, 0.4) is 0 Å². The molecule has 1 saturated heterocycles. The molecule has 98 valence electrons. The van der Waals surface area contributed by atoms with Crippen molar-refractivity contribution in [3.63, 3.8) is 0 Å². The summed E-state index contributed by atoms with van der Waals surface area (Å²) in [4.78, 5) is 33.8. The van der Waals surface area contributed by atoms with Crippen molar-refractivity contribution >= 4 is 5.97 Å². The Morgan fingerprint density at radius 1 is 1.39 bits per heavy atom. The molecule has 1 aliphatic rings. The number of rotatable bonds is 3. The molecule has 0 spiro atoms. The second-order valence-corrected chi connectivity index (χ2v) is 4.33. The van der Waals surface area contributed by atoms with Crippen LogP contribution in [-0.2, 0) is 23.1 Å². The van der Waals surface area contributed by atoms with E-state index < -0.39 is 23.2 Å². The largest absolute Gasteiger partial charge is 0.479 e. The quantitative estimate of drug-likeness (QED) is 0.712. The van der Waals surface area contributed by atoms with E-state index in [1.807, 2.05) is 0 Å². The summed E-state index contributed by atoms with van der Waals surface area (Å²) in [5.74, 6) is -0.992. The molecule has 0 saturated carbocycles. The van der Waals surface area contributed by atoms with Gasteiger partial charge in [-0.15, -0.1) is 0 Å². The molecule has 2 unspecified atom stereocenters. The highest BCUT2D eigenvalue weighted by Gasteiger charge is 2.30. The average Bonchev–Trinajstić information content (AvgIpc) is 2.79. The molecule has 0 amide bonds. The molecule has 1 N–H and O–H groups in total. The molecule has 2 rings (SSSR count). The van der Waals surface area contributed by atoms with E-state index >= 15 is 0 Å². The van der Waals surface area contributed by atoms with E-state index in [0.29, 0.717) is 12.8 Å². The third-order valence-electron chi connectivity index (χ3n) is 3.02. The van der Waals surface area contributed by atoms with Crippen LogP contribution in [0.2, 0.25) is 0 Å². The van der Waals surface area contributed by atoms with Crippen LogP contribution in [0.5, 0.6) is 0 Å². The number of carbonyl (C=O) groups is 1. The maximum Gasteiger partial charge on any atom is 0.332 e. The Morgan fingerprint density at radius 2 is 2.11 bits per heavy atom. The summed E-state index contributed by atoms with van der Waals surface area (Å²) in [6, 6.07) is 0. The lowest BCUT2D eigenvalue weighted by atomic mass is 10.2. The summed E-state index contributed by atoms with van der Waals surface area (Å²) < 4.78 is 7.75. The van der Waals surface area contributed by atoms with Gasteiger partial charge in [0.25, 0.3) is 0 Å². The van der Waals surface area contributed by atoms with E-state index in [1.54, 1.807) is 0 Å². The normalized spacial score (nSPS) is 23.2. The minimum Gasteiger partial charge on any atom is -0.479 e. The summed E-state index contributed by atoms with van der Waals surface area (Å²) in [5, 5.41) is 8.79. The third kappa shape index (κ3) is 2.35. The Hall–Kier alpha value is -1.89. The lowest BCUT2D eigenvalue weighted by molar-refractivity contribution is -0.149. The van der Waals surface area contributed by atoms with E-state index in [2.05, 4.69) is 0 Å². The van der Waals surface area contributed by atoms with Crippen LogP contribution in [0.15, 0.2) is 22.0 Å². The minimum atomic E-state index is -0.992. The zero-order chi connectivity index (χ0) is 13.3. The molecule has 1 aromatic rings. The van der Waals surface area contributed by atoms with E-state index in [4.69, 9.17) is 9.84 Å². The van der Waals surface area contributed by atoms with Gasteiger partial charge in [-0.1, -0.05) is 0 Å². The van der Waals surface area contributed by atoms with Crippen LogP contribution in [0.25, 0.3) is 0 Å². The number of nitrogens with zero attached hydrogens (tertiary/aromatic N) is 2. The summed E-state index contributed by atoms with van der Waals surface area (Å²) in [5.41, 5.74) is -1.23. The number of aromatic nitrogens is 2. The monoisotopic (exact) mass is 254 g/mol. The van der Waals surface area contributed by atoms with Crippen molar-refractivity contribution in [3.8, 4) is 0 Å². The van der Waals surface area contributed by atoms with Gasteiger partial charge in [-0.3, -0.25) is 9.59 Å². The first-order valence-electron chi connectivity index (χ1n) is 5.63. The Labute approximate surface area is 102 Å². The zero-order valence-corrected chi connectivity index (χ0v) is 9.91. The number of carboxylic acid groups (broad SMARTS) is 1. The fraction of sp³-hybridized carbons (Fsp3) is 0.545. The Balaban J connectivity index is 2.12. The summed E-state index contributed by atoms with van der Waals surface area (Å²) in [7, 11) is 1.50. The Morgan fingerprint density at radius 3 is 2.72 bits per heavy atom. The lowest BCUT2D eigenvalue weighted by Gasteiger charge is -2.13. The van der Waals surface area contributed by atoms with Crippen LogP contribution < -0.4 is 11.1 Å². The Kier molecular flexibility index (Phi) is 3.33. The summed E-state index contributed by atoms with van der Waals surface area (Å²) in [6.07, 6.45) is 2.85. The van der Waals surface area contributed by atoms with Gasteiger partial charge in [0, 0.05) is 19.4 Å². The maximum absolute atomic E-state index is 11.7. The van der Waals surface area contributed by atoms with Crippen molar-refractivity contribution < 1.29 is 14.6 Å². The molecular weight excluding hydrogens is 240 g/mol. The highest BCUT2D eigenvalue weighted by atomic mass is 16.5. The van der Waals surface area contributed by atoms with Crippen molar-refractivity contribution in [3.05, 3.63) is 33.1 Å². The van der Waals surface area contributed by atoms with Crippen molar-refractivity contribution in [2.24, 2.45) is 7.05 Å². The predicted molar refractivity (Wildman–Crippen MR) is 61.5 cm³/mol. The van der Waals surface area contributed by atoms with Gasteiger partial charge in [-0.05, 0) is 12.8 Å². The SMILES string of the molecule is Cn1ccn(CC2CCC(C(=O)O)O2)c(=O)c1=O. The second-order valence-electron chi connectivity index (χ2n) is 4.33. The molecule has 0 aliphatic carbocycles. The van der Waals surface area contributed by atoms with Crippen LogP contribution >= 0.6 is 0 Å². The molecule has 7 heteroatoms. The zero-order valence-electron chi connectivity index (χ0n) is 9.91. The van der Waals surface area contributed by atoms with Crippen molar-refractivity contribution in [2.75, 3.05) is 0 Å². The van der Waals surface area contributed by atoms with Gasteiger partial charge >= 0.3 is 17.1 Å². The third-order valence-corrected chi connectivity index (χ3v) is 3.02. The number of hydrogen-bond acceptors (Lipinski definition) is 4. The first-order valence-corrected chi connectivity index (χ1v) is 5.63. The summed E-state index contributed by atoms with van der Waals surface area (Å²) in [6.45, 7) is 0.207. The fourth-order valence-corrected chi connectivity index (χ4v) is 1.97. The molecule has 2 heterocycles. The molecule has 0 aromatic carbocycles. The minimum absolute atomic E-state index is 0.207. The number of ether oxygens (including phenoxy) is 1. The summed E-state index contributed by atoms with van der Waals surface area (Å²) >= 11 is 0. The van der Waals surface area contributed by atoms with Crippen molar-refractivity contribution in [1.29, 1.82) is 0 Å². The molecule has 18 heavy (non-hydrogen) atoms. The van der Waals surface area contributed by atoms with Crippen molar-refractivity contribution in [2.45, 2.75) is 31.6 Å². The van der Waals surface area contributed by atoms with E-state index in [0.717, 1.165) is 0 Å². The lowest BCUT2D eigenvalue weighted by Crippen LogP contribution is -2.41. The highest BCUT2D eigenvalue weighted by molar-refractivity contribution is 5.72. The van der Waals surface area contributed by atoms with E-state index in [-0.39, 0.29) is 12.6 Å². The van der Waals surface area contributed by atoms with Crippen LogP contribution in [-0.4, -0.2) is 32.4 Å². The highest BCUT2D eigenvalue weighted by Crippen LogP contribution is 2.20. The average molecular weight is 254 g/mol.